The molecule has 1 unspecified atom stereocenters. The second-order valence-corrected chi connectivity index (χ2v) is 4.10. The minimum absolute atomic E-state index is 0.190. The Morgan fingerprint density at radius 3 is 3.00 bits per heavy atom. The maximum atomic E-state index is 13.1. The summed E-state index contributed by atoms with van der Waals surface area (Å²) in [5.74, 6) is -0.715. The van der Waals surface area contributed by atoms with Gasteiger partial charge in [0.2, 0.25) is 0 Å². The van der Waals surface area contributed by atoms with Crippen molar-refractivity contribution in [1.29, 1.82) is 0 Å². The smallest absolute Gasteiger partial charge is 0.165 e. The number of phenols is 1. The Hall–Kier alpha value is -1.09. The number of halogens is 1. The van der Waals surface area contributed by atoms with Crippen molar-refractivity contribution in [2.24, 2.45) is 0 Å². The lowest BCUT2D eigenvalue weighted by Gasteiger charge is -2.23. The maximum Gasteiger partial charge on any atom is 0.165 e. The zero-order chi connectivity index (χ0) is 10.7. The Morgan fingerprint density at radius 2 is 2.27 bits per heavy atom. The fourth-order valence-corrected chi connectivity index (χ4v) is 2.09. The fourth-order valence-electron chi connectivity index (χ4n) is 2.09. The molecule has 0 radical (unpaired) electrons. The molecular weight excluding hydrogens is 193 g/mol. The van der Waals surface area contributed by atoms with Crippen LogP contribution in [0.15, 0.2) is 18.2 Å². The molecule has 0 aliphatic carbocycles. The van der Waals surface area contributed by atoms with Gasteiger partial charge in [-0.2, -0.15) is 0 Å². The van der Waals surface area contributed by atoms with Crippen molar-refractivity contribution in [3.8, 4) is 5.75 Å². The molecule has 1 saturated heterocycles. The van der Waals surface area contributed by atoms with Gasteiger partial charge in [-0.25, -0.2) is 4.39 Å². The SMILES string of the molecule is Oc1c(F)cccc1CC1CCCCN1. The summed E-state index contributed by atoms with van der Waals surface area (Å²) in [4.78, 5) is 0. The lowest BCUT2D eigenvalue weighted by molar-refractivity contribution is 0.385. The molecule has 0 amide bonds. The molecule has 1 aliphatic rings. The predicted molar refractivity (Wildman–Crippen MR) is 57.4 cm³/mol. The van der Waals surface area contributed by atoms with Crippen LogP contribution < -0.4 is 5.32 Å². The van der Waals surface area contributed by atoms with Crippen LogP contribution in [0.1, 0.15) is 24.8 Å². The highest BCUT2D eigenvalue weighted by atomic mass is 19.1. The molecule has 3 heteroatoms. The van der Waals surface area contributed by atoms with Gasteiger partial charge in [0.25, 0.3) is 0 Å². The van der Waals surface area contributed by atoms with Crippen molar-refractivity contribution < 1.29 is 9.50 Å². The lowest BCUT2D eigenvalue weighted by Crippen LogP contribution is -2.35. The molecule has 0 spiro atoms. The van der Waals surface area contributed by atoms with Crippen molar-refractivity contribution in [3.63, 3.8) is 0 Å². The second kappa shape index (κ2) is 4.62. The third-order valence-electron chi connectivity index (χ3n) is 2.95. The number of rotatable bonds is 2. The third-order valence-corrected chi connectivity index (χ3v) is 2.95. The van der Waals surface area contributed by atoms with Crippen LogP contribution in [0, 0.1) is 5.82 Å². The van der Waals surface area contributed by atoms with Gasteiger partial charge in [-0.05, 0) is 37.4 Å². The molecular formula is C12H16FNO. The second-order valence-electron chi connectivity index (χ2n) is 4.10. The topological polar surface area (TPSA) is 32.3 Å². The molecule has 2 N–H and O–H groups in total. The number of phenolic OH excluding ortho intramolecular Hbond substituents is 1. The van der Waals surface area contributed by atoms with Gasteiger partial charge in [0, 0.05) is 6.04 Å². The number of para-hydroxylation sites is 1. The summed E-state index contributed by atoms with van der Waals surface area (Å²) in [5, 5.41) is 12.9. The molecule has 1 heterocycles. The molecule has 1 aliphatic heterocycles. The fraction of sp³-hybridized carbons (Fsp3) is 0.500. The van der Waals surface area contributed by atoms with Gasteiger partial charge in [-0.1, -0.05) is 18.6 Å². The van der Waals surface area contributed by atoms with Gasteiger partial charge in [0.05, 0.1) is 0 Å². The highest BCUT2D eigenvalue weighted by Gasteiger charge is 2.15. The summed E-state index contributed by atoms with van der Waals surface area (Å²) in [7, 11) is 0. The zero-order valence-corrected chi connectivity index (χ0v) is 8.67. The van der Waals surface area contributed by atoms with Crippen molar-refractivity contribution in [2.45, 2.75) is 31.7 Å². The van der Waals surface area contributed by atoms with Crippen LogP contribution in [0.2, 0.25) is 0 Å². The van der Waals surface area contributed by atoms with Gasteiger partial charge in [0.1, 0.15) is 0 Å². The molecule has 2 rings (SSSR count). The van der Waals surface area contributed by atoms with E-state index in [0.717, 1.165) is 13.0 Å². The molecule has 82 valence electrons. The van der Waals surface area contributed by atoms with Crippen LogP contribution >= 0.6 is 0 Å². The summed E-state index contributed by atoms with van der Waals surface area (Å²) < 4.78 is 13.1. The number of aromatic hydroxyl groups is 1. The number of piperidine rings is 1. The van der Waals surface area contributed by atoms with Crippen LogP contribution in [-0.4, -0.2) is 17.7 Å². The Labute approximate surface area is 89.1 Å². The zero-order valence-electron chi connectivity index (χ0n) is 8.67. The Bertz CT molecular complexity index is 334. The van der Waals surface area contributed by atoms with E-state index in [2.05, 4.69) is 5.32 Å². The summed E-state index contributed by atoms with van der Waals surface area (Å²) in [6.07, 6.45) is 4.25. The third kappa shape index (κ3) is 2.48. The lowest BCUT2D eigenvalue weighted by atomic mass is 9.97. The van der Waals surface area contributed by atoms with Crippen LogP contribution in [0.3, 0.4) is 0 Å². The number of benzene rings is 1. The van der Waals surface area contributed by atoms with Gasteiger partial charge < -0.3 is 10.4 Å². The largest absolute Gasteiger partial charge is 0.505 e. The van der Waals surface area contributed by atoms with E-state index in [1.54, 1.807) is 12.1 Å². The van der Waals surface area contributed by atoms with Crippen LogP contribution in [0.4, 0.5) is 4.39 Å². The Morgan fingerprint density at radius 1 is 1.40 bits per heavy atom. The summed E-state index contributed by atoms with van der Waals surface area (Å²) in [6, 6.07) is 5.10. The summed E-state index contributed by atoms with van der Waals surface area (Å²) in [6.45, 7) is 1.03. The van der Waals surface area contributed by atoms with Gasteiger partial charge in [-0.3, -0.25) is 0 Å². The molecule has 15 heavy (non-hydrogen) atoms. The van der Waals surface area contributed by atoms with Crippen molar-refractivity contribution in [2.75, 3.05) is 6.54 Å². The maximum absolute atomic E-state index is 13.1. The highest BCUT2D eigenvalue weighted by Crippen LogP contribution is 2.23. The molecule has 0 saturated carbocycles. The Kier molecular flexibility index (Phi) is 3.21. The van der Waals surface area contributed by atoms with Gasteiger partial charge in [0.15, 0.2) is 11.6 Å². The van der Waals surface area contributed by atoms with E-state index in [1.807, 2.05) is 0 Å². The van der Waals surface area contributed by atoms with E-state index >= 15 is 0 Å². The number of hydrogen-bond donors (Lipinski definition) is 2. The van der Waals surface area contributed by atoms with Gasteiger partial charge in [-0.15, -0.1) is 0 Å². The average molecular weight is 209 g/mol. The first-order valence-corrected chi connectivity index (χ1v) is 5.47. The monoisotopic (exact) mass is 209 g/mol. The molecule has 0 bridgehead atoms. The standard InChI is InChI=1S/C12H16FNO/c13-11-6-3-4-9(12(11)15)8-10-5-1-2-7-14-10/h3-4,6,10,14-15H,1-2,5,7-8H2. The van der Waals surface area contributed by atoms with E-state index in [-0.39, 0.29) is 5.75 Å². The molecule has 1 aromatic rings. The highest BCUT2D eigenvalue weighted by molar-refractivity contribution is 5.34. The van der Waals surface area contributed by atoms with Crippen LogP contribution in [0.5, 0.6) is 5.75 Å². The first kappa shape index (κ1) is 10.4. The van der Waals surface area contributed by atoms with Crippen molar-refractivity contribution >= 4 is 0 Å². The number of hydrogen-bond acceptors (Lipinski definition) is 2. The van der Waals surface area contributed by atoms with Crippen molar-refractivity contribution in [3.05, 3.63) is 29.6 Å². The molecule has 2 nitrogen and oxygen atoms in total. The van der Waals surface area contributed by atoms with E-state index in [0.29, 0.717) is 18.0 Å². The summed E-state index contributed by atoms with van der Waals surface area (Å²) in [5.41, 5.74) is 0.703. The Balaban J connectivity index is 2.06. The minimum atomic E-state index is -0.525. The molecule has 1 atom stereocenters. The van der Waals surface area contributed by atoms with E-state index < -0.39 is 5.82 Å². The first-order valence-electron chi connectivity index (χ1n) is 5.47. The normalized spacial score (nSPS) is 21.5. The van der Waals surface area contributed by atoms with Crippen LogP contribution in [0.25, 0.3) is 0 Å². The quantitative estimate of drug-likeness (QED) is 0.782. The minimum Gasteiger partial charge on any atom is -0.505 e. The van der Waals surface area contributed by atoms with E-state index in [9.17, 15) is 9.50 Å². The molecule has 1 aromatic carbocycles. The van der Waals surface area contributed by atoms with Crippen LogP contribution in [-0.2, 0) is 6.42 Å². The summed E-state index contributed by atoms with van der Waals surface area (Å²) >= 11 is 0. The molecule has 1 fully saturated rings. The van der Waals surface area contributed by atoms with E-state index in [1.165, 1.54) is 18.9 Å². The van der Waals surface area contributed by atoms with Gasteiger partial charge >= 0.3 is 0 Å². The van der Waals surface area contributed by atoms with Crippen molar-refractivity contribution in [1.82, 2.24) is 5.32 Å². The average Bonchev–Trinajstić information content (AvgIpc) is 2.26. The first-order chi connectivity index (χ1) is 7.27. The predicted octanol–water partition coefficient (Wildman–Crippen LogP) is 2.22. The molecule has 0 aromatic heterocycles. The number of nitrogens with one attached hydrogen (secondary N) is 1. The van der Waals surface area contributed by atoms with E-state index in [4.69, 9.17) is 0 Å².